The smallest absolute Gasteiger partial charge is 0.417 e. The Morgan fingerprint density at radius 3 is 2.56 bits per heavy atom. The molecule has 0 unspecified atom stereocenters. The number of nitrogens with zero attached hydrogens (tertiary/aromatic N) is 1. The summed E-state index contributed by atoms with van der Waals surface area (Å²) in [6.07, 6.45) is -3.13. The molecule has 1 aliphatic heterocycles. The molecule has 7 heteroatoms. The first-order chi connectivity index (χ1) is 11.8. The molecular formula is C18H13F3N2O2. The van der Waals surface area contributed by atoms with Crippen LogP contribution in [-0.4, -0.2) is 16.9 Å². The molecule has 0 spiro atoms. The van der Waals surface area contributed by atoms with Crippen LogP contribution < -0.4 is 5.73 Å². The van der Waals surface area contributed by atoms with Crippen molar-refractivity contribution in [2.75, 3.05) is 0 Å². The van der Waals surface area contributed by atoms with E-state index >= 15 is 0 Å². The first-order valence-corrected chi connectivity index (χ1v) is 7.33. The number of carboxylic acids is 1. The molecule has 2 aromatic carbocycles. The van der Waals surface area contributed by atoms with Gasteiger partial charge in [-0.05, 0) is 35.4 Å². The van der Waals surface area contributed by atoms with Gasteiger partial charge in [-0.3, -0.25) is 0 Å². The summed E-state index contributed by atoms with van der Waals surface area (Å²) in [5, 5.41) is 9.22. The predicted octanol–water partition coefficient (Wildman–Crippen LogP) is 4.23. The first-order valence-electron chi connectivity index (χ1n) is 7.33. The van der Waals surface area contributed by atoms with E-state index in [2.05, 4.69) is 4.99 Å². The summed E-state index contributed by atoms with van der Waals surface area (Å²) in [4.78, 5) is 15.4. The summed E-state index contributed by atoms with van der Waals surface area (Å²) in [6.45, 7) is 0. The molecule has 0 saturated carbocycles. The molecule has 3 rings (SSSR count). The molecule has 0 amide bonds. The van der Waals surface area contributed by atoms with E-state index in [0.29, 0.717) is 16.8 Å². The highest BCUT2D eigenvalue weighted by Gasteiger charge is 2.33. The van der Waals surface area contributed by atoms with Crippen molar-refractivity contribution in [3.05, 3.63) is 59.2 Å². The Morgan fingerprint density at radius 2 is 1.88 bits per heavy atom. The third-order valence-corrected chi connectivity index (χ3v) is 3.81. The van der Waals surface area contributed by atoms with Gasteiger partial charge in [0, 0.05) is 17.6 Å². The van der Waals surface area contributed by atoms with Crippen LogP contribution in [0.2, 0.25) is 0 Å². The monoisotopic (exact) mass is 346 g/mol. The lowest BCUT2D eigenvalue weighted by Gasteiger charge is -2.13. The van der Waals surface area contributed by atoms with E-state index in [4.69, 9.17) is 5.73 Å². The maximum Gasteiger partial charge on any atom is 0.417 e. The molecule has 0 aliphatic carbocycles. The summed E-state index contributed by atoms with van der Waals surface area (Å²) in [7, 11) is 0. The molecule has 128 valence electrons. The largest absolute Gasteiger partial charge is 0.478 e. The van der Waals surface area contributed by atoms with Gasteiger partial charge in [0.15, 0.2) is 0 Å². The number of hydrogen-bond acceptors (Lipinski definition) is 3. The van der Waals surface area contributed by atoms with Crippen molar-refractivity contribution < 1.29 is 23.1 Å². The molecule has 0 aromatic heterocycles. The molecule has 1 heterocycles. The van der Waals surface area contributed by atoms with Gasteiger partial charge in [-0.15, -0.1) is 0 Å². The lowest BCUT2D eigenvalue weighted by molar-refractivity contribution is -0.137. The van der Waals surface area contributed by atoms with Crippen LogP contribution in [0, 0.1) is 0 Å². The van der Waals surface area contributed by atoms with Crippen LogP contribution in [0.1, 0.15) is 17.5 Å². The molecule has 0 radical (unpaired) electrons. The molecule has 0 bridgehead atoms. The minimum atomic E-state index is -4.49. The molecule has 4 nitrogen and oxygen atoms in total. The van der Waals surface area contributed by atoms with Gasteiger partial charge in [0.1, 0.15) is 5.84 Å². The molecule has 2 aromatic rings. The Bertz CT molecular complexity index is 915. The zero-order valence-corrected chi connectivity index (χ0v) is 12.8. The third kappa shape index (κ3) is 3.40. The topological polar surface area (TPSA) is 75.7 Å². The lowest BCUT2D eigenvalue weighted by atomic mass is 9.96. The SMILES string of the molecule is NC1=Nc2ccc(-c3ccccc3C(F)(F)F)cc2C=C(C(=O)O)C1. The second-order valence-corrected chi connectivity index (χ2v) is 5.57. The maximum atomic E-state index is 13.2. The molecule has 25 heavy (non-hydrogen) atoms. The number of amidine groups is 1. The van der Waals surface area contributed by atoms with Crippen molar-refractivity contribution in [2.24, 2.45) is 10.7 Å². The summed E-state index contributed by atoms with van der Waals surface area (Å²) in [6, 6.07) is 9.77. The second-order valence-electron chi connectivity index (χ2n) is 5.57. The number of benzene rings is 2. The van der Waals surface area contributed by atoms with Crippen molar-refractivity contribution in [2.45, 2.75) is 12.6 Å². The number of carbonyl (C=O) groups is 1. The highest BCUT2D eigenvalue weighted by Crippen LogP contribution is 2.38. The van der Waals surface area contributed by atoms with E-state index in [1.165, 1.54) is 42.5 Å². The number of aliphatic carboxylic acids is 1. The molecule has 1 aliphatic rings. The molecule has 0 atom stereocenters. The second kappa shape index (κ2) is 6.08. The Kier molecular flexibility index (Phi) is 4.08. The summed E-state index contributed by atoms with van der Waals surface area (Å²) < 4.78 is 39.7. The van der Waals surface area contributed by atoms with Gasteiger partial charge in [-0.1, -0.05) is 24.3 Å². The van der Waals surface area contributed by atoms with Crippen molar-refractivity contribution in [1.29, 1.82) is 0 Å². The summed E-state index contributed by atoms with van der Waals surface area (Å²) in [5.41, 5.74) is 6.15. The number of aliphatic imine (C=N–C) groups is 1. The number of carboxylic acid groups (broad SMARTS) is 1. The van der Waals surface area contributed by atoms with Crippen LogP contribution in [0.5, 0.6) is 0 Å². The average Bonchev–Trinajstić information content (AvgIpc) is 2.71. The lowest BCUT2D eigenvalue weighted by Crippen LogP contribution is -2.14. The van der Waals surface area contributed by atoms with Gasteiger partial charge in [0.25, 0.3) is 0 Å². The number of nitrogens with two attached hydrogens (primary N) is 1. The van der Waals surface area contributed by atoms with Crippen LogP contribution in [-0.2, 0) is 11.0 Å². The number of fused-ring (bicyclic) bond motifs is 1. The summed E-state index contributed by atoms with van der Waals surface area (Å²) in [5.74, 6) is -1.01. The van der Waals surface area contributed by atoms with Crippen LogP contribution in [0.3, 0.4) is 0 Å². The Balaban J connectivity index is 2.18. The number of alkyl halides is 3. The van der Waals surface area contributed by atoms with E-state index in [9.17, 15) is 23.1 Å². The zero-order chi connectivity index (χ0) is 18.2. The van der Waals surface area contributed by atoms with Crippen LogP contribution >= 0.6 is 0 Å². The van der Waals surface area contributed by atoms with Crippen LogP contribution in [0.4, 0.5) is 18.9 Å². The van der Waals surface area contributed by atoms with Gasteiger partial charge in [0.2, 0.25) is 0 Å². The Labute approximate surface area is 141 Å². The first kappa shape index (κ1) is 16.8. The maximum absolute atomic E-state index is 13.2. The van der Waals surface area contributed by atoms with Gasteiger partial charge >= 0.3 is 12.1 Å². The van der Waals surface area contributed by atoms with Gasteiger partial charge in [-0.2, -0.15) is 13.2 Å². The molecular weight excluding hydrogens is 333 g/mol. The van der Waals surface area contributed by atoms with Crippen molar-refractivity contribution in [1.82, 2.24) is 0 Å². The van der Waals surface area contributed by atoms with E-state index < -0.39 is 17.7 Å². The van der Waals surface area contributed by atoms with E-state index in [0.717, 1.165) is 6.07 Å². The van der Waals surface area contributed by atoms with E-state index in [1.54, 1.807) is 0 Å². The number of rotatable bonds is 2. The van der Waals surface area contributed by atoms with Gasteiger partial charge in [-0.25, -0.2) is 9.79 Å². The highest BCUT2D eigenvalue weighted by molar-refractivity contribution is 6.02. The standard InChI is InChI=1S/C18H13F3N2O2/c19-18(20,21)14-4-2-1-3-13(14)10-5-6-15-11(7-10)8-12(17(24)25)9-16(22)23-15/h1-8H,9H2,(H2,22,23)(H,24,25). The Hall–Kier alpha value is -3.09. The molecule has 0 saturated heterocycles. The number of halogens is 3. The fourth-order valence-electron chi connectivity index (χ4n) is 2.69. The minimum Gasteiger partial charge on any atom is -0.478 e. The molecule has 0 fully saturated rings. The van der Waals surface area contributed by atoms with Gasteiger partial charge < -0.3 is 10.8 Å². The quantitative estimate of drug-likeness (QED) is 0.854. The summed E-state index contributed by atoms with van der Waals surface area (Å²) >= 11 is 0. The van der Waals surface area contributed by atoms with Gasteiger partial charge in [0.05, 0.1) is 11.3 Å². The predicted molar refractivity (Wildman–Crippen MR) is 88.4 cm³/mol. The van der Waals surface area contributed by atoms with Crippen molar-refractivity contribution in [3.8, 4) is 11.1 Å². The highest BCUT2D eigenvalue weighted by atomic mass is 19.4. The van der Waals surface area contributed by atoms with Crippen LogP contribution in [0.15, 0.2) is 53.0 Å². The van der Waals surface area contributed by atoms with Crippen molar-refractivity contribution >= 4 is 23.6 Å². The molecule has 3 N–H and O–H groups in total. The Morgan fingerprint density at radius 1 is 1.16 bits per heavy atom. The van der Waals surface area contributed by atoms with Crippen molar-refractivity contribution in [3.63, 3.8) is 0 Å². The fourth-order valence-corrected chi connectivity index (χ4v) is 2.69. The van der Waals surface area contributed by atoms with E-state index in [-0.39, 0.29) is 23.4 Å². The van der Waals surface area contributed by atoms with Crippen LogP contribution in [0.25, 0.3) is 17.2 Å². The number of hydrogen-bond donors (Lipinski definition) is 2. The minimum absolute atomic E-state index is 0.0178. The fraction of sp³-hybridized carbons (Fsp3) is 0.111. The zero-order valence-electron chi connectivity index (χ0n) is 12.8. The third-order valence-electron chi connectivity index (χ3n) is 3.81. The normalized spacial score (nSPS) is 14.2. The van der Waals surface area contributed by atoms with E-state index in [1.807, 2.05) is 0 Å². The average molecular weight is 346 g/mol.